The van der Waals surface area contributed by atoms with E-state index in [9.17, 15) is 0 Å². The lowest BCUT2D eigenvalue weighted by molar-refractivity contribution is 0.0463. The van der Waals surface area contributed by atoms with Crippen LogP contribution in [0.4, 0.5) is 0 Å². The SMILES string of the molecule is CCCC1C(C)C(CCC)C(C(C)(C)C)C1C(C)(C)C. The van der Waals surface area contributed by atoms with Crippen LogP contribution in [0.15, 0.2) is 0 Å². The van der Waals surface area contributed by atoms with Crippen LogP contribution in [0.1, 0.15) is 88.0 Å². The van der Waals surface area contributed by atoms with Crippen LogP contribution in [-0.4, -0.2) is 0 Å². The average molecular weight is 281 g/mol. The number of hydrogen-bond acceptors (Lipinski definition) is 0. The molecule has 0 nitrogen and oxygen atoms in total. The quantitative estimate of drug-likeness (QED) is 0.531. The van der Waals surface area contributed by atoms with E-state index in [0.717, 1.165) is 29.6 Å². The van der Waals surface area contributed by atoms with E-state index in [1.165, 1.54) is 25.7 Å². The van der Waals surface area contributed by atoms with E-state index in [1.54, 1.807) is 0 Å². The predicted molar refractivity (Wildman–Crippen MR) is 91.9 cm³/mol. The molecule has 4 atom stereocenters. The van der Waals surface area contributed by atoms with E-state index in [4.69, 9.17) is 0 Å². The fourth-order valence-electron chi connectivity index (χ4n) is 5.42. The maximum atomic E-state index is 2.56. The van der Waals surface area contributed by atoms with Crippen molar-refractivity contribution in [3.8, 4) is 0 Å². The minimum atomic E-state index is 0.439. The van der Waals surface area contributed by atoms with Crippen LogP contribution in [0.3, 0.4) is 0 Å². The molecular formula is C20H40. The van der Waals surface area contributed by atoms with Gasteiger partial charge in [-0.1, -0.05) is 88.0 Å². The Morgan fingerprint density at radius 1 is 0.650 bits per heavy atom. The average Bonchev–Trinajstić information content (AvgIpc) is 2.54. The molecule has 0 N–H and O–H groups in total. The Morgan fingerprint density at radius 3 is 1.15 bits per heavy atom. The van der Waals surface area contributed by atoms with Gasteiger partial charge in [0.05, 0.1) is 0 Å². The molecule has 0 spiro atoms. The molecule has 4 unspecified atom stereocenters. The molecule has 0 heterocycles. The van der Waals surface area contributed by atoms with Gasteiger partial charge in [-0.15, -0.1) is 0 Å². The van der Waals surface area contributed by atoms with Crippen LogP contribution >= 0.6 is 0 Å². The molecule has 1 aliphatic carbocycles. The van der Waals surface area contributed by atoms with Crippen molar-refractivity contribution in [2.75, 3.05) is 0 Å². The van der Waals surface area contributed by atoms with Crippen LogP contribution < -0.4 is 0 Å². The van der Waals surface area contributed by atoms with Crippen LogP contribution in [-0.2, 0) is 0 Å². The molecule has 0 aromatic rings. The van der Waals surface area contributed by atoms with Gasteiger partial charge in [0.15, 0.2) is 0 Å². The minimum Gasteiger partial charge on any atom is -0.0654 e. The third-order valence-electron chi connectivity index (χ3n) is 5.90. The van der Waals surface area contributed by atoms with Crippen molar-refractivity contribution in [1.29, 1.82) is 0 Å². The smallest absolute Gasteiger partial charge is 0.0298 e. The van der Waals surface area contributed by atoms with E-state index in [0.29, 0.717) is 10.8 Å². The summed E-state index contributed by atoms with van der Waals surface area (Å²) in [4.78, 5) is 0. The van der Waals surface area contributed by atoms with Crippen LogP contribution in [0.5, 0.6) is 0 Å². The summed E-state index contributed by atoms with van der Waals surface area (Å²) in [7, 11) is 0. The van der Waals surface area contributed by atoms with E-state index in [2.05, 4.69) is 62.3 Å². The summed E-state index contributed by atoms with van der Waals surface area (Å²) in [5.41, 5.74) is 0.878. The molecule has 0 radical (unpaired) electrons. The molecule has 0 amide bonds. The standard InChI is InChI=1S/C20H40/c1-10-12-15-14(3)16(13-11-2)18(20(7,8)9)17(15)19(4,5)6/h14-18H,10-13H2,1-9H3. The summed E-state index contributed by atoms with van der Waals surface area (Å²) in [6.07, 6.45) is 5.54. The summed E-state index contributed by atoms with van der Waals surface area (Å²) < 4.78 is 0. The van der Waals surface area contributed by atoms with Gasteiger partial charge in [-0.25, -0.2) is 0 Å². The first-order valence-corrected chi connectivity index (χ1v) is 9.05. The van der Waals surface area contributed by atoms with Crippen molar-refractivity contribution in [3.05, 3.63) is 0 Å². The maximum Gasteiger partial charge on any atom is -0.0298 e. The minimum absolute atomic E-state index is 0.439. The lowest BCUT2D eigenvalue weighted by Crippen LogP contribution is -2.37. The van der Waals surface area contributed by atoms with Gasteiger partial charge in [0.1, 0.15) is 0 Å². The Bertz CT molecular complexity index is 258. The van der Waals surface area contributed by atoms with E-state index < -0.39 is 0 Å². The fraction of sp³-hybridized carbons (Fsp3) is 1.00. The third kappa shape index (κ3) is 3.60. The monoisotopic (exact) mass is 280 g/mol. The van der Waals surface area contributed by atoms with Gasteiger partial charge >= 0.3 is 0 Å². The van der Waals surface area contributed by atoms with Crippen molar-refractivity contribution in [3.63, 3.8) is 0 Å². The lowest BCUT2D eigenvalue weighted by Gasteiger charge is -2.44. The fourth-order valence-corrected chi connectivity index (χ4v) is 5.42. The molecule has 20 heavy (non-hydrogen) atoms. The molecule has 0 aromatic heterocycles. The largest absolute Gasteiger partial charge is 0.0654 e. The molecule has 1 saturated carbocycles. The highest BCUT2D eigenvalue weighted by molar-refractivity contribution is 5.02. The van der Waals surface area contributed by atoms with E-state index in [1.807, 2.05) is 0 Å². The molecule has 0 saturated heterocycles. The van der Waals surface area contributed by atoms with Crippen LogP contribution in [0, 0.1) is 40.4 Å². The zero-order valence-corrected chi connectivity index (χ0v) is 15.7. The molecule has 0 aliphatic heterocycles. The number of hydrogen-bond donors (Lipinski definition) is 0. The van der Waals surface area contributed by atoms with Crippen LogP contribution in [0.25, 0.3) is 0 Å². The Morgan fingerprint density at radius 2 is 0.950 bits per heavy atom. The second kappa shape index (κ2) is 6.41. The van der Waals surface area contributed by atoms with Crippen molar-refractivity contribution in [2.24, 2.45) is 40.4 Å². The summed E-state index contributed by atoms with van der Waals surface area (Å²) in [5.74, 6) is 4.54. The molecule has 0 aromatic carbocycles. The highest BCUT2D eigenvalue weighted by Crippen LogP contribution is 2.60. The summed E-state index contributed by atoms with van der Waals surface area (Å²) in [5, 5.41) is 0. The first-order valence-electron chi connectivity index (χ1n) is 9.05. The van der Waals surface area contributed by atoms with Crippen molar-refractivity contribution < 1.29 is 0 Å². The maximum absolute atomic E-state index is 2.56. The Balaban J connectivity index is 3.22. The van der Waals surface area contributed by atoms with Crippen molar-refractivity contribution in [1.82, 2.24) is 0 Å². The Kier molecular flexibility index (Phi) is 5.78. The molecule has 1 fully saturated rings. The van der Waals surface area contributed by atoms with Gasteiger partial charge in [0, 0.05) is 0 Å². The van der Waals surface area contributed by atoms with Gasteiger partial charge < -0.3 is 0 Å². The molecule has 1 aliphatic rings. The van der Waals surface area contributed by atoms with Gasteiger partial charge in [-0.3, -0.25) is 0 Å². The predicted octanol–water partition coefficient (Wildman–Crippen LogP) is 6.79. The number of rotatable bonds is 4. The normalized spacial score (nSPS) is 35.5. The zero-order valence-electron chi connectivity index (χ0n) is 15.7. The molecule has 0 bridgehead atoms. The lowest BCUT2D eigenvalue weighted by atomic mass is 9.61. The van der Waals surface area contributed by atoms with Gasteiger partial charge in [0.2, 0.25) is 0 Å². The van der Waals surface area contributed by atoms with Gasteiger partial charge in [-0.2, -0.15) is 0 Å². The molecule has 120 valence electrons. The van der Waals surface area contributed by atoms with Crippen molar-refractivity contribution >= 4 is 0 Å². The summed E-state index contributed by atoms with van der Waals surface area (Å²) in [6.45, 7) is 22.2. The highest BCUT2D eigenvalue weighted by Gasteiger charge is 2.54. The summed E-state index contributed by atoms with van der Waals surface area (Å²) in [6, 6.07) is 0. The van der Waals surface area contributed by atoms with Crippen LogP contribution in [0.2, 0.25) is 0 Å². The Labute approximate surface area is 129 Å². The topological polar surface area (TPSA) is 0 Å². The van der Waals surface area contributed by atoms with Gasteiger partial charge in [-0.05, 0) is 40.4 Å². The van der Waals surface area contributed by atoms with E-state index >= 15 is 0 Å². The van der Waals surface area contributed by atoms with Crippen molar-refractivity contribution in [2.45, 2.75) is 88.0 Å². The molecule has 0 heteroatoms. The molecule has 1 rings (SSSR count). The highest BCUT2D eigenvalue weighted by atomic mass is 14.6. The third-order valence-corrected chi connectivity index (χ3v) is 5.90. The zero-order chi connectivity index (χ0) is 15.7. The first kappa shape index (κ1) is 18.1. The first-order chi connectivity index (χ1) is 9.05. The Hall–Kier alpha value is 0. The second-order valence-corrected chi connectivity index (χ2v) is 9.55. The second-order valence-electron chi connectivity index (χ2n) is 9.55. The van der Waals surface area contributed by atoms with E-state index in [-0.39, 0.29) is 0 Å². The summed E-state index contributed by atoms with van der Waals surface area (Å²) >= 11 is 0. The molecular weight excluding hydrogens is 240 g/mol. The van der Waals surface area contributed by atoms with Gasteiger partial charge in [0.25, 0.3) is 0 Å².